The summed E-state index contributed by atoms with van der Waals surface area (Å²) >= 11 is 1.60. The average Bonchev–Trinajstić information content (AvgIpc) is 3.22. The van der Waals surface area contributed by atoms with Gasteiger partial charge in [-0.05, 0) is 35.6 Å². The van der Waals surface area contributed by atoms with Crippen molar-refractivity contribution >= 4 is 27.0 Å². The number of anilines is 1. The van der Waals surface area contributed by atoms with Crippen molar-refractivity contribution in [1.82, 2.24) is 0 Å². The second-order valence-corrected chi connectivity index (χ2v) is 9.85. The number of halogens is 3. The van der Waals surface area contributed by atoms with Crippen molar-refractivity contribution in [3.63, 3.8) is 0 Å². The van der Waals surface area contributed by atoms with Gasteiger partial charge in [0.05, 0.1) is 18.4 Å². The van der Waals surface area contributed by atoms with Gasteiger partial charge in [-0.2, -0.15) is 21.6 Å². The summed E-state index contributed by atoms with van der Waals surface area (Å²) in [6.45, 7) is 0.290. The monoisotopic (exact) mass is 469 g/mol. The molecule has 0 radical (unpaired) electrons. The first kappa shape index (κ1) is 21.7. The molecule has 0 spiro atoms. The second-order valence-electron chi connectivity index (χ2n) is 7.15. The quantitative estimate of drug-likeness (QED) is 0.554. The third kappa shape index (κ3) is 4.41. The van der Waals surface area contributed by atoms with Crippen molar-refractivity contribution in [2.24, 2.45) is 5.92 Å². The highest BCUT2D eigenvalue weighted by molar-refractivity contribution is 7.93. The summed E-state index contributed by atoms with van der Waals surface area (Å²) in [4.78, 5) is 1.14. The summed E-state index contributed by atoms with van der Waals surface area (Å²) in [5, 5.41) is 12.8. The van der Waals surface area contributed by atoms with Gasteiger partial charge in [-0.3, -0.25) is 4.72 Å². The van der Waals surface area contributed by atoms with Gasteiger partial charge in [0.2, 0.25) is 0 Å². The molecule has 2 aromatic carbocycles. The Morgan fingerprint density at radius 2 is 1.90 bits per heavy atom. The van der Waals surface area contributed by atoms with Gasteiger partial charge in [0, 0.05) is 21.9 Å². The molecule has 0 saturated heterocycles. The number of benzene rings is 2. The number of ether oxygens (including phenoxy) is 1. The maximum Gasteiger partial charge on any atom is 0.516 e. The van der Waals surface area contributed by atoms with Crippen LogP contribution in [0, 0.1) is 5.92 Å². The van der Waals surface area contributed by atoms with Gasteiger partial charge >= 0.3 is 15.5 Å². The molecule has 164 valence electrons. The smallest absolute Gasteiger partial charge is 0.493 e. The molecule has 1 aromatic heterocycles. The Hall–Kier alpha value is -2.56. The summed E-state index contributed by atoms with van der Waals surface area (Å²) in [6, 6.07) is 14.6. The van der Waals surface area contributed by atoms with Crippen molar-refractivity contribution in [3.8, 4) is 16.9 Å². The summed E-state index contributed by atoms with van der Waals surface area (Å²) in [6.07, 6.45) is -0.0823. The molecular formula is C21H18F3NO4S2. The molecule has 31 heavy (non-hydrogen) atoms. The number of nitrogens with one attached hydrogen (secondary N) is 1. The molecule has 5 nitrogen and oxygen atoms in total. The van der Waals surface area contributed by atoms with Crippen LogP contribution in [-0.2, 0) is 16.4 Å². The van der Waals surface area contributed by atoms with Gasteiger partial charge in [-0.15, -0.1) is 11.3 Å². The van der Waals surface area contributed by atoms with Crippen LogP contribution in [0.25, 0.3) is 11.1 Å². The van der Waals surface area contributed by atoms with Gasteiger partial charge in [-0.25, -0.2) is 0 Å². The zero-order valence-electron chi connectivity index (χ0n) is 16.0. The summed E-state index contributed by atoms with van der Waals surface area (Å²) in [7, 11) is -5.56. The van der Waals surface area contributed by atoms with Crippen LogP contribution in [0.15, 0.2) is 60.0 Å². The van der Waals surface area contributed by atoms with E-state index in [-0.39, 0.29) is 23.8 Å². The highest BCUT2D eigenvalue weighted by Gasteiger charge is 2.46. The highest BCUT2D eigenvalue weighted by atomic mass is 32.2. The average molecular weight is 470 g/mol. The van der Waals surface area contributed by atoms with Crippen LogP contribution in [0.2, 0.25) is 0 Å². The topological polar surface area (TPSA) is 75.6 Å². The highest BCUT2D eigenvalue weighted by Crippen LogP contribution is 2.41. The Labute approximate surface area is 181 Å². The van der Waals surface area contributed by atoms with E-state index >= 15 is 0 Å². The van der Waals surface area contributed by atoms with E-state index in [2.05, 4.69) is 0 Å². The van der Waals surface area contributed by atoms with Crippen LogP contribution in [0.3, 0.4) is 0 Å². The molecule has 0 bridgehead atoms. The summed E-state index contributed by atoms with van der Waals surface area (Å²) in [5.74, 6) is 0.295. The molecule has 2 atom stereocenters. The molecule has 0 aliphatic carbocycles. The minimum absolute atomic E-state index is 0.122. The van der Waals surface area contributed by atoms with E-state index in [1.54, 1.807) is 40.3 Å². The molecule has 0 amide bonds. The molecule has 0 unspecified atom stereocenters. The maximum atomic E-state index is 12.8. The number of rotatable bonds is 5. The molecule has 4 rings (SSSR count). The minimum atomic E-state index is -5.56. The number of thiophene rings is 1. The zero-order valence-corrected chi connectivity index (χ0v) is 17.6. The van der Waals surface area contributed by atoms with Gasteiger partial charge in [0.1, 0.15) is 5.75 Å². The van der Waals surface area contributed by atoms with Crippen LogP contribution in [0.5, 0.6) is 5.75 Å². The first-order valence-electron chi connectivity index (χ1n) is 9.31. The Balaban J connectivity index is 1.62. The molecule has 0 saturated carbocycles. The lowest BCUT2D eigenvalue weighted by Gasteiger charge is -2.30. The van der Waals surface area contributed by atoms with Crippen LogP contribution in [0.1, 0.15) is 16.5 Å². The fourth-order valence-corrected chi connectivity index (χ4v) is 4.88. The molecule has 3 aromatic rings. The van der Waals surface area contributed by atoms with E-state index < -0.39 is 21.6 Å². The molecular weight excluding hydrogens is 451 g/mol. The molecule has 10 heteroatoms. The van der Waals surface area contributed by atoms with E-state index in [4.69, 9.17) is 4.74 Å². The molecule has 1 aliphatic heterocycles. The number of hydrogen-bond acceptors (Lipinski definition) is 5. The van der Waals surface area contributed by atoms with E-state index in [0.717, 1.165) is 4.88 Å². The Bertz CT molecular complexity index is 1180. The number of para-hydroxylation sites is 1. The van der Waals surface area contributed by atoms with Crippen molar-refractivity contribution in [2.75, 3.05) is 11.3 Å². The predicted octanol–water partition coefficient (Wildman–Crippen LogP) is 4.96. The van der Waals surface area contributed by atoms with Crippen LogP contribution in [-0.4, -0.2) is 25.6 Å². The SMILES string of the molecule is O=S(=O)(Nc1ccccc1-c1ccc2c(c1)OC[C@H](Cc1cccs1)[C@H]2O)C(F)(F)F. The summed E-state index contributed by atoms with van der Waals surface area (Å²) < 4.78 is 68.9. The van der Waals surface area contributed by atoms with Gasteiger partial charge in [-0.1, -0.05) is 36.4 Å². The number of alkyl halides is 3. The van der Waals surface area contributed by atoms with Gasteiger partial charge in [0.15, 0.2) is 0 Å². The van der Waals surface area contributed by atoms with Crippen molar-refractivity contribution in [1.29, 1.82) is 0 Å². The number of aliphatic hydroxyl groups is 1. The Morgan fingerprint density at radius 1 is 1.13 bits per heavy atom. The van der Waals surface area contributed by atoms with Crippen molar-refractivity contribution < 1.29 is 31.4 Å². The number of aliphatic hydroxyl groups excluding tert-OH is 1. The summed E-state index contributed by atoms with van der Waals surface area (Å²) in [5.41, 5.74) is -4.32. The van der Waals surface area contributed by atoms with E-state index in [1.165, 1.54) is 18.2 Å². The third-order valence-electron chi connectivity index (χ3n) is 5.06. The zero-order chi connectivity index (χ0) is 22.2. The minimum Gasteiger partial charge on any atom is -0.493 e. The number of sulfonamides is 1. The largest absolute Gasteiger partial charge is 0.516 e. The Morgan fingerprint density at radius 3 is 2.61 bits per heavy atom. The number of hydrogen-bond donors (Lipinski definition) is 2. The first-order chi connectivity index (χ1) is 14.7. The standard InChI is InChI=1S/C21H18F3NO4S2/c22-21(23,24)31(27,28)25-18-6-2-1-5-16(18)13-7-8-17-19(11-13)29-12-14(20(17)26)10-15-4-3-9-30-15/h1-9,11,14,20,25-26H,10,12H2/t14-,20+/m0/s1. The number of fused-ring (bicyclic) bond motifs is 1. The van der Waals surface area contributed by atoms with Crippen LogP contribution < -0.4 is 9.46 Å². The fourth-order valence-electron chi connectivity index (χ4n) is 3.50. The van der Waals surface area contributed by atoms with Crippen LogP contribution in [0.4, 0.5) is 18.9 Å². The lowest BCUT2D eigenvalue weighted by molar-refractivity contribution is -0.0429. The predicted molar refractivity (Wildman–Crippen MR) is 112 cm³/mol. The first-order valence-corrected chi connectivity index (χ1v) is 11.7. The van der Waals surface area contributed by atoms with E-state index in [9.17, 15) is 26.7 Å². The van der Waals surface area contributed by atoms with Gasteiger partial charge in [0.25, 0.3) is 0 Å². The fraction of sp³-hybridized carbons (Fsp3) is 0.238. The molecule has 1 aliphatic rings. The lowest BCUT2D eigenvalue weighted by atomic mass is 9.89. The van der Waals surface area contributed by atoms with E-state index in [1.807, 2.05) is 17.5 Å². The van der Waals surface area contributed by atoms with Crippen LogP contribution >= 0.6 is 11.3 Å². The normalized spacial score (nSPS) is 18.8. The Kier molecular flexibility index (Phi) is 5.71. The molecule has 2 heterocycles. The third-order valence-corrected chi connectivity index (χ3v) is 7.06. The molecule has 2 N–H and O–H groups in total. The van der Waals surface area contributed by atoms with Crippen molar-refractivity contribution in [3.05, 3.63) is 70.4 Å². The van der Waals surface area contributed by atoms with Crippen molar-refractivity contribution in [2.45, 2.75) is 18.0 Å². The lowest BCUT2D eigenvalue weighted by Crippen LogP contribution is -2.30. The van der Waals surface area contributed by atoms with E-state index in [0.29, 0.717) is 23.3 Å². The second kappa shape index (κ2) is 8.18. The van der Waals surface area contributed by atoms with Gasteiger partial charge < -0.3 is 9.84 Å². The molecule has 0 fully saturated rings. The maximum absolute atomic E-state index is 12.8.